The number of hydrogen-bond donors (Lipinski definition) is 2. The highest BCUT2D eigenvalue weighted by atomic mass is 19.1. The number of aryl methyl sites for hydroxylation is 1. The van der Waals surface area contributed by atoms with Crippen LogP contribution in [-0.2, 0) is 0 Å². The smallest absolute Gasteiger partial charge is 0.126 e. The van der Waals surface area contributed by atoms with E-state index in [4.69, 9.17) is 5.84 Å². The number of hydrazine groups is 1. The Morgan fingerprint density at radius 1 is 1.10 bits per heavy atom. The minimum atomic E-state index is -0.152. The van der Waals surface area contributed by atoms with Gasteiger partial charge in [-0.1, -0.05) is 64.0 Å². The van der Waals surface area contributed by atoms with Crippen molar-refractivity contribution in [1.82, 2.24) is 5.43 Å². The van der Waals surface area contributed by atoms with Crippen LogP contribution in [0.1, 0.15) is 75.5 Å². The van der Waals surface area contributed by atoms with Crippen LogP contribution in [0.3, 0.4) is 0 Å². The van der Waals surface area contributed by atoms with Crippen molar-refractivity contribution in [3.63, 3.8) is 0 Å². The first-order chi connectivity index (χ1) is 9.69. The van der Waals surface area contributed by atoms with Gasteiger partial charge in [-0.15, -0.1) is 0 Å². The highest BCUT2D eigenvalue weighted by Crippen LogP contribution is 2.21. The second kappa shape index (κ2) is 9.89. The summed E-state index contributed by atoms with van der Waals surface area (Å²) in [5.41, 5.74) is 4.62. The van der Waals surface area contributed by atoms with E-state index >= 15 is 0 Å². The molecule has 0 saturated carbocycles. The van der Waals surface area contributed by atoms with E-state index in [2.05, 4.69) is 12.3 Å². The summed E-state index contributed by atoms with van der Waals surface area (Å²) in [6.07, 6.45) is 10.1. The fraction of sp³-hybridized carbons (Fsp3) is 0.647. The molecule has 1 unspecified atom stereocenters. The summed E-state index contributed by atoms with van der Waals surface area (Å²) in [5.74, 6) is 5.48. The number of benzene rings is 1. The van der Waals surface area contributed by atoms with Crippen molar-refractivity contribution in [1.29, 1.82) is 0 Å². The van der Waals surface area contributed by atoms with Crippen molar-refractivity contribution in [3.8, 4) is 0 Å². The van der Waals surface area contributed by atoms with Crippen LogP contribution in [0.2, 0.25) is 0 Å². The van der Waals surface area contributed by atoms with E-state index in [1.54, 1.807) is 6.92 Å². The quantitative estimate of drug-likeness (QED) is 0.368. The van der Waals surface area contributed by atoms with E-state index in [0.717, 1.165) is 18.4 Å². The molecule has 1 aromatic rings. The van der Waals surface area contributed by atoms with Crippen molar-refractivity contribution in [2.45, 2.75) is 71.3 Å². The maximum absolute atomic E-state index is 13.3. The van der Waals surface area contributed by atoms with Crippen LogP contribution in [0.15, 0.2) is 18.2 Å². The highest BCUT2D eigenvalue weighted by molar-refractivity contribution is 5.26. The zero-order valence-electron chi connectivity index (χ0n) is 12.9. The second-order valence-corrected chi connectivity index (χ2v) is 5.64. The van der Waals surface area contributed by atoms with Crippen molar-refractivity contribution in [2.75, 3.05) is 0 Å². The summed E-state index contributed by atoms with van der Waals surface area (Å²) in [4.78, 5) is 0. The number of halogens is 1. The third-order valence-corrected chi connectivity index (χ3v) is 3.88. The lowest BCUT2D eigenvalue weighted by molar-refractivity contribution is 0.474. The lowest BCUT2D eigenvalue weighted by Crippen LogP contribution is -2.28. The molecule has 0 heterocycles. The molecule has 0 amide bonds. The molecule has 114 valence electrons. The highest BCUT2D eigenvalue weighted by Gasteiger charge is 2.10. The van der Waals surface area contributed by atoms with E-state index in [-0.39, 0.29) is 11.9 Å². The van der Waals surface area contributed by atoms with Gasteiger partial charge in [0, 0.05) is 6.04 Å². The summed E-state index contributed by atoms with van der Waals surface area (Å²) in [5, 5.41) is 0. The van der Waals surface area contributed by atoms with Crippen molar-refractivity contribution < 1.29 is 4.39 Å². The van der Waals surface area contributed by atoms with E-state index in [1.807, 2.05) is 12.1 Å². The molecule has 20 heavy (non-hydrogen) atoms. The molecule has 0 aliphatic carbocycles. The topological polar surface area (TPSA) is 38.0 Å². The molecule has 0 saturated heterocycles. The van der Waals surface area contributed by atoms with Crippen LogP contribution in [0.5, 0.6) is 0 Å². The first kappa shape index (κ1) is 17.1. The standard InChI is InChI=1S/C17H29FN2/c1-3-4-5-6-7-8-9-10-17(20-19)15-11-12-16(18)14(2)13-15/h11-13,17,20H,3-10,19H2,1-2H3. The Bertz CT molecular complexity index is 379. The monoisotopic (exact) mass is 280 g/mol. The zero-order valence-corrected chi connectivity index (χ0v) is 12.9. The number of nitrogens with two attached hydrogens (primary N) is 1. The number of hydrogen-bond acceptors (Lipinski definition) is 2. The summed E-state index contributed by atoms with van der Waals surface area (Å²) in [6.45, 7) is 4.03. The summed E-state index contributed by atoms with van der Waals surface area (Å²) in [7, 11) is 0. The van der Waals surface area contributed by atoms with Gasteiger partial charge in [0.05, 0.1) is 0 Å². The summed E-state index contributed by atoms with van der Waals surface area (Å²) in [6, 6.07) is 5.37. The number of rotatable bonds is 10. The molecule has 1 rings (SSSR count). The minimum Gasteiger partial charge on any atom is -0.271 e. The van der Waals surface area contributed by atoms with Gasteiger partial charge in [-0.2, -0.15) is 0 Å². The predicted octanol–water partition coefficient (Wildman–Crippen LogP) is 4.78. The summed E-state index contributed by atoms with van der Waals surface area (Å²) < 4.78 is 13.3. The fourth-order valence-electron chi connectivity index (χ4n) is 2.54. The van der Waals surface area contributed by atoms with Gasteiger partial charge < -0.3 is 0 Å². The Hall–Kier alpha value is -0.930. The Balaban J connectivity index is 2.30. The molecule has 3 heteroatoms. The first-order valence-corrected chi connectivity index (χ1v) is 7.91. The molecular weight excluding hydrogens is 251 g/mol. The summed E-state index contributed by atoms with van der Waals surface area (Å²) >= 11 is 0. The Kier molecular flexibility index (Phi) is 8.47. The zero-order chi connectivity index (χ0) is 14.8. The van der Waals surface area contributed by atoms with Crippen molar-refractivity contribution >= 4 is 0 Å². The van der Waals surface area contributed by atoms with Gasteiger partial charge in [-0.05, 0) is 30.5 Å². The Morgan fingerprint density at radius 3 is 2.35 bits per heavy atom. The average Bonchev–Trinajstić information content (AvgIpc) is 2.45. The van der Waals surface area contributed by atoms with Crippen LogP contribution < -0.4 is 11.3 Å². The van der Waals surface area contributed by atoms with Crippen LogP contribution in [-0.4, -0.2) is 0 Å². The SMILES string of the molecule is CCCCCCCCCC(NN)c1ccc(F)c(C)c1. The Morgan fingerprint density at radius 2 is 1.75 bits per heavy atom. The lowest BCUT2D eigenvalue weighted by Gasteiger charge is -2.17. The van der Waals surface area contributed by atoms with Crippen LogP contribution in [0.4, 0.5) is 4.39 Å². The molecule has 0 spiro atoms. The van der Waals surface area contributed by atoms with Gasteiger partial charge in [0.25, 0.3) is 0 Å². The molecule has 0 bridgehead atoms. The van der Waals surface area contributed by atoms with E-state index < -0.39 is 0 Å². The van der Waals surface area contributed by atoms with Gasteiger partial charge >= 0.3 is 0 Å². The molecule has 1 aromatic carbocycles. The van der Waals surface area contributed by atoms with Gasteiger partial charge in [0.1, 0.15) is 5.82 Å². The maximum atomic E-state index is 13.3. The third-order valence-electron chi connectivity index (χ3n) is 3.88. The van der Waals surface area contributed by atoms with Crippen molar-refractivity contribution in [2.24, 2.45) is 5.84 Å². The largest absolute Gasteiger partial charge is 0.271 e. The first-order valence-electron chi connectivity index (χ1n) is 7.91. The molecule has 0 radical (unpaired) electrons. The maximum Gasteiger partial charge on any atom is 0.126 e. The number of nitrogens with one attached hydrogen (secondary N) is 1. The predicted molar refractivity (Wildman–Crippen MR) is 83.8 cm³/mol. The Labute approximate surface area is 122 Å². The van der Waals surface area contributed by atoms with Crippen molar-refractivity contribution in [3.05, 3.63) is 35.1 Å². The third kappa shape index (κ3) is 6.02. The number of unbranched alkanes of at least 4 members (excludes halogenated alkanes) is 6. The normalized spacial score (nSPS) is 12.6. The van der Waals surface area contributed by atoms with Crippen LogP contribution >= 0.6 is 0 Å². The van der Waals surface area contributed by atoms with Gasteiger partial charge in [0.2, 0.25) is 0 Å². The second-order valence-electron chi connectivity index (χ2n) is 5.64. The molecule has 0 aromatic heterocycles. The fourth-order valence-corrected chi connectivity index (χ4v) is 2.54. The van der Waals surface area contributed by atoms with Crippen LogP contribution in [0.25, 0.3) is 0 Å². The molecule has 1 atom stereocenters. The molecule has 2 nitrogen and oxygen atoms in total. The minimum absolute atomic E-state index is 0.130. The van der Waals surface area contributed by atoms with E-state index in [0.29, 0.717) is 5.56 Å². The molecule has 0 aliphatic rings. The van der Waals surface area contributed by atoms with Gasteiger partial charge in [-0.25, -0.2) is 4.39 Å². The lowest BCUT2D eigenvalue weighted by atomic mass is 9.98. The molecule has 0 fully saturated rings. The molecule has 3 N–H and O–H groups in total. The van der Waals surface area contributed by atoms with Crippen LogP contribution in [0, 0.1) is 12.7 Å². The van der Waals surface area contributed by atoms with E-state index in [1.165, 1.54) is 44.6 Å². The van der Waals surface area contributed by atoms with E-state index in [9.17, 15) is 4.39 Å². The molecule has 0 aliphatic heterocycles. The molecular formula is C17H29FN2. The van der Waals surface area contributed by atoms with Gasteiger partial charge in [-0.3, -0.25) is 11.3 Å². The van der Waals surface area contributed by atoms with Gasteiger partial charge in [0.15, 0.2) is 0 Å². The average molecular weight is 280 g/mol.